The molecule has 2 saturated heterocycles. The second-order valence-electron chi connectivity index (χ2n) is 10.2. The van der Waals surface area contributed by atoms with E-state index in [1.54, 1.807) is 5.06 Å². The molecular weight excluding hydrogens is 290 g/mol. The topological polar surface area (TPSA) is 50.2 Å². The summed E-state index contributed by atoms with van der Waals surface area (Å²) in [6.45, 7) is 16.9. The first-order valence-corrected chi connectivity index (χ1v) is 8.83. The third kappa shape index (κ3) is 3.07. The van der Waals surface area contributed by atoms with E-state index in [1.807, 2.05) is 0 Å². The number of piperidine rings is 1. The van der Waals surface area contributed by atoms with Crippen LogP contribution in [-0.2, 0) is 0 Å². The zero-order chi connectivity index (χ0) is 18.0. The van der Waals surface area contributed by atoms with Gasteiger partial charge in [-0.05, 0) is 81.7 Å². The minimum atomic E-state index is -0.289. The third-order valence-corrected chi connectivity index (χ3v) is 6.31. The first-order valence-electron chi connectivity index (χ1n) is 8.83. The molecule has 23 heavy (non-hydrogen) atoms. The van der Waals surface area contributed by atoms with Crippen LogP contribution in [0.5, 0.6) is 0 Å². The molecule has 0 radical (unpaired) electrons. The molecule has 2 heterocycles. The molecule has 136 valence electrons. The van der Waals surface area contributed by atoms with E-state index >= 15 is 0 Å². The molecule has 0 aliphatic carbocycles. The largest absolute Gasteiger partial charge is 0.313 e. The number of hydrogen-bond acceptors (Lipinski definition) is 5. The fraction of sp³-hybridized carbons (Fsp3) is 1.00. The van der Waals surface area contributed by atoms with Gasteiger partial charge in [-0.25, -0.2) is 0 Å². The van der Waals surface area contributed by atoms with Crippen molar-refractivity contribution in [2.75, 3.05) is 7.05 Å². The minimum absolute atomic E-state index is 0.217. The molecule has 0 saturated carbocycles. The van der Waals surface area contributed by atoms with Gasteiger partial charge >= 0.3 is 0 Å². The highest BCUT2D eigenvalue weighted by Gasteiger charge is 2.55. The van der Waals surface area contributed by atoms with Gasteiger partial charge in [-0.15, -0.1) is 0 Å². The SMILES string of the molecule is CN(C1CC(C)(C)N(O)C(C)(C)C1)C1CC(C)(C)N(O)C1(C)C. The number of likely N-dealkylation sites (N-methyl/N-ethyl adjacent to an activating group) is 1. The number of nitrogens with zero attached hydrogens (tertiary/aromatic N) is 3. The first kappa shape index (κ1) is 19.1. The normalized spacial score (nSPS) is 34.2. The molecule has 5 heteroatoms. The molecular formula is C18H37N3O2. The summed E-state index contributed by atoms with van der Waals surface area (Å²) in [7, 11) is 2.19. The highest BCUT2D eigenvalue weighted by molar-refractivity contribution is 5.09. The Morgan fingerprint density at radius 3 is 1.48 bits per heavy atom. The number of rotatable bonds is 2. The van der Waals surface area contributed by atoms with Gasteiger partial charge in [-0.1, -0.05) is 0 Å². The zero-order valence-corrected chi connectivity index (χ0v) is 16.5. The Bertz CT molecular complexity index is 441. The van der Waals surface area contributed by atoms with Crippen LogP contribution in [-0.4, -0.2) is 66.7 Å². The van der Waals surface area contributed by atoms with Crippen LogP contribution in [0.2, 0.25) is 0 Å². The van der Waals surface area contributed by atoms with Gasteiger partial charge in [0, 0.05) is 28.7 Å². The maximum Gasteiger partial charge on any atom is 0.0565 e. The van der Waals surface area contributed by atoms with Gasteiger partial charge in [0.2, 0.25) is 0 Å². The third-order valence-electron chi connectivity index (χ3n) is 6.31. The summed E-state index contributed by atoms with van der Waals surface area (Å²) in [5, 5.41) is 24.2. The Morgan fingerprint density at radius 2 is 1.13 bits per heavy atom. The summed E-state index contributed by atoms with van der Waals surface area (Å²) in [5.41, 5.74) is -1.01. The summed E-state index contributed by atoms with van der Waals surface area (Å²) in [6, 6.07) is 0.666. The molecule has 1 atom stereocenters. The van der Waals surface area contributed by atoms with Crippen LogP contribution in [0.4, 0.5) is 0 Å². The molecule has 0 aromatic heterocycles. The number of hydrogen-bond donors (Lipinski definition) is 2. The lowest BCUT2D eigenvalue weighted by Gasteiger charge is -2.54. The molecule has 0 amide bonds. The fourth-order valence-corrected chi connectivity index (χ4v) is 5.13. The van der Waals surface area contributed by atoms with E-state index in [0.717, 1.165) is 19.3 Å². The Balaban J connectivity index is 2.26. The maximum atomic E-state index is 10.6. The van der Waals surface area contributed by atoms with Crippen molar-refractivity contribution in [1.29, 1.82) is 0 Å². The fourth-order valence-electron chi connectivity index (χ4n) is 5.13. The van der Waals surface area contributed by atoms with Crippen LogP contribution < -0.4 is 0 Å². The molecule has 2 aliphatic rings. The van der Waals surface area contributed by atoms with Crippen LogP contribution >= 0.6 is 0 Å². The van der Waals surface area contributed by atoms with E-state index in [4.69, 9.17) is 0 Å². The summed E-state index contributed by atoms with van der Waals surface area (Å²) < 4.78 is 0. The van der Waals surface area contributed by atoms with E-state index in [2.05, 4.69) is 67.3 Å². The minimum Gasteiger partial charge on any atom is -0.313 e. The van der Waals surface area contributed by atoms with Gasteiger partial charge in [-0.2, -0.15) is 10.1 Å². The van der Waals surface area contributed by atoms with E-state index in [1.165, 1.54) is 5.06 Å². The van der Waals surface area contributed by atoms with Gasteiger partial charge in [0.15, 0.2) is 0 Å². The Labute approximate surface area is 142 Å². The molecule has 2 aliphatic heterocycles. The highest BCUT2D eigenvalue weighted by Crippen LogP contribution is 2.45. The number of hydroxylamine groups is 4. The Kier molecular flexibility index (Phi) is 4.49. The molecule has 0 aromatic rings. The average Bonchev–Trinajstić information content (AvgIpc) is 2.54. The summed E-state index contributed by atoms with van der Waals surface area (Å²) in [5.74, 6) is 0. The first-order chi connectivity index (χ1) is 10.1. The lowest BCUT2D eigenvalue weighted by Crippen LogP contribution is -2.64. The molecule has 0 bridgehead atoms. The average molecular weight is 328 g/mol. The van der Waals surface area contributed by atoms with Crippen LogP contribution in [0.3, 0.4) is 0 Å². The molecule has 0 spiro atoms. The van der Waals surface area contributed by atoms with Crippen LogP contribution in [0.15, 0.2) is 0 Å². The van der Waals surface area contributed by atoms with Crippen molar-refractivity contribution in [2.24, 2.45) is 0 Å². The van der Waals surface area contributed by atoms with Crippen molar-refractivity contribution >= 4 is 0 Å². The van der Waals surface area contributed by atoms with E-state index in [9.17, 15) is 10.4 Å². The Morgan fingerprint density at radius 1 is 0.739 bits per heavy atom. The van der Waals surface area contributed by atoms with E-state index in [-0.39, 0.29) is 28.2 Å². The quantitative estimate of drug-likeness (QED) is 0.814. The predicted octanol–water partition coefficient (Wildman–Crippen LogP) is 3.35. The van der Waals surface area contributed by atoms with Crippen molar-refractivity contribution in [3.63, 3.8) is 0 Å². The monoisotopic (exact) mass is 327 g/mol. The van der Waals surface area contributed by atoms with Gasteiger partial charge in [0.1, 0.15) is 0 Å². The van der Waals surface area contributed by atoms with Crippen LogP contribution in [0, 0.1) is 0 Å². The van der Waals surface area contributed by atoms with Crippen molar-refractivity contribution in [3.8, 4) is 0 Å². The lowest BCUT2D eigenvalue weighted by molar-refractivity contribution is -0.254. The Hall–Kier alpha value is -0.200. The van der Waals surface area contributed by atoms with E-state index < -0.39 is 0 Å². The van der Waals surface area contributed by atoms with Crippen molar-refractivity contribution in [1.82, 2.24) is 15.0 Å². The second kappa shape index (κ2) is 5.40. The van der Waals surface area contributed by atoms with Crippen molar-refractivity contribution in [2.45, 2.75) is 109 Å². The summed E-state index contributed by atoms with van der Waals surface area (Å²) in [6.07, 6.45) is 2.77. The molecule has 2 fully saturated rings. The predicted molar refractivity (Wildman–Crippen MR) is 92.8 cm³/mol. The van der Waals surface area contributed by atoms with Crippen molar-refractivity contribution < 1.29 is 10.4 Å². The van der Waals surface area contributed by atoms with Crippen LogP contribution in [0.25, 0.3) is 0 Å². The second-order valence-corrected chi connectivity index (χ2v) is 10.2. The standard InChI is InChI=1S/C18H37N3O2/c1-15(2)10-13(11-16(3,4)20(15)22)19(9)14-12-17(5,6)21(23)18(14,7)8/h13-14,22-23H,10-12H2,1-9H3. The molecule has 1 unspecified atom stereocenters. The van der Waals surface area contributed by atoms with Gasteiger partial charge in [-0.3, -0.25) is 4.90 Å². The van der Waals surface area contributed by atoms with Gasteiger partial charge in [0.05, 0.1) is 5.54 Å². The molecule has 2 N–H and O–H groups in total. The summed E-state index contributed by atoms with van der Waals surface area (Å²) >= 11 is 0. The maximum absolute atomic E-state index is 10.6. The zero-order valence-electron chi connectivity index (χ0n) is 16.5. The smallest absolute Gasteiger partial charge is 0.0565 e. The molecule has 5 nitrogen and oxygen atoms in total. The summed E-state index contributed by atoms with van der Waals surface area (Å²) in [4.78, 5) is 2.45. The van der Waals surface area contributed by atoms with E-state index in [0.29, 0.717) is 6.04 Å². The molecule has 2 rings (SSSR count). The highest BCUT2D eigenvalue weighted by atomic mass is 16.5. The van der Waals surface area contributed by atoms with Crippen molar-refractivity contribution in [3.05, 3.63) is 0 Å². The van der Waals surface area contributed by atoms with Gasteiger partial charge in [0.25, 0.3) is 0 Å². The van der Waals surface area contributed by atoms with Gasteiger partial charge < -0.3 is 10.4 Å². The lowest BCUT2D eigenvalue weighted by atomic mass is 9.77. The van der Waals surface area contributed by atoms with Crippen LogP contribution in [0.1, 0.15) is 74.7 Å². The molecule has 0 aromatic carbocycles.